The van der Waals surface area contributed by atoms with Crippen LogP contribution in [-0.2, 0) is 25.1 Å². The molecule has 4 nitrogen and oxygen atoms in total. The summed E-state index contributed by atoms with van der Waals surface area (Å²) in [5, 5.41) is 12.3. The highest BCUT2D eigenvalue weighted by Gasteiger charge is 2.29. The maximum atomic E-state index is 13.3. The van der Waals surface area contributed by atoms with Gasteiger partial charge in [0, 0.05) is 36.8 Å². The fourth-order valence-electron chi connectivity index (χ4n) is 3.93. The number of rotatable bonds is 3. The summed E-state index contributed by atoms with van der Waals surface area (Å²) in [7, 11) is 2.13. The fourth-order valence-corrected chi connectivity index (χ4v) is 3.93. The minimum Gasteiger partial charge on any atom is -0.384 e. The maximum Gasteiger partial charge on any atom is 0.140 e. The van der Waals surface area contributed by atoms with Crippen LogP contribution in [0.5, 0.6) is 0 Å². The molecule has 0 bridgehead atoms. The molecule has 0 saturated heterocycles. The van der Waals surface area contributed by atoms with E-state index in [1.54, 1.807) is 19.1 Å². The second-order valence-electron chi connectivity index (χ2n) is 7.66. The third-order valence-electron chi connectivity index (χ3n) is 5.35. The highest BCUT2D eigenvalue weighted by molar-refractivity contribution is 5.83. The number of pyridine rings is 1. The Bertz CT molecular complexity index is 960. The van der Waals surface area contributed by atoms with E-state index < -0.39 is 5.60 Å². The van der Waals surface area contributed by atoms with Gasteiger partial charge in [-0.2, -0.15) is 0 Å². The van der Waals surface area contributed by atoms with Crippen LogP contribution in [0.3, 0.4) is 0 Å². The standard InChI is InChI=1S/C21H24FN3O/c1-14-10-17-18-12-24(3)9-8-19(18)25(20(17)23-11-14)13-21(2,26)15-4-6-16(22)7-5-15/h4-7,10-11,26H,8-9,12-13H2,1-3H3. The van der Waals surface area contributed by atoms with Crippen molar-refractivity contribution in [3.05, 3.63) is 64.7 Å². The van der Waals surface area contributed by atoms with Gasteiger partial charge in [0.05, 0.1) is 6.54 Å². The molecule has 0 amide bonds. The molecule has 3 heterocycles. The first kappa shape index (κ1) is 17.2. The Morgan fingerprint density at radius 2 is 2.00 bits per heavy atom. The minimum absolute atomic E-state index is 0.298. The molecule has 0 radical (unpaired) electrons. The number of hydrogen-bond donors (Lipinski definition) is 1. The number of aliphatic hydroxyl groups is 1. The van der Waals surface area contributed by atoms with Crippen molar-refractivity contribution >= 4 is 11.0 Å². The number of fused-ring (bicyclic) bond motifs is 3. The number of aryl methyl sites for hydroxylation is 1. The van der Waals surface area contributed by atoms with Crippen LogP contribution in [0.25, 0.3) is 11.0 Å². The summed E-state index contributed by atoms with van der Waals surface area (Å²) < 4.78 is 15.4. The summed E-state index contributed by atoms with van der Waals surface area (Å²) in [6.45, 7) is 6.10. The molecule has 136 valence electrons. The molecule has 4 rings (SSSR count). The SMILES string of the molecule is Cc1cnc2c(c1)c1c(n2CC(C)(O)c2ccc(F)cc2)CCN(C)C1. The number of benzene rings is 1. The Morgan fingerprint density at radius 1 is 1.27 bits per heavy atom. The molecule has 1 unspecified atom stereocenters. The molecule has 3 aromatic rings. The summed E-state index contributed by atoms with van der Waals surface area (Å²) in [5.74, 6) is -0.298. The number of halogens is 1. The fraction of sp³-hybridized carbons (Fsp3) is 0.381. The molecule has 2 aromatic heterocycles. The lowest BCUT2D eigenvalue weighted by atomic mass is 9.95. The third-order valence-corrected chi connectivity index (χ3v) is 5.35. The van der Waals surface area contributed by atoms with E-state index in [0.717, 1.165) is 30.7 Å². The molecular formula is C21H24FN3O. The van der Waals surface area contributed by atoms with Gasteiger partial charge in [0.2, 0.25) is 0 Å². The average molecular weight is 353 g/mol. The number of aromatic nitrogens is 2. The average Bonchev–Trinajstić information content (AvgIpc) is 2.87. The first-order valence-electron chi connectivity index (χ1n) is 8.99. The van der Waals surface area contributed by atoms with Crippen LogP contribution in [0, 0.1) is 12.7 Å². The minimum atomic E-state index is -1.11. The molecule has 5 heteroatoms. The van der Waals surface area contributed by atoms with E-state index in [1.807, 2.05) is 6.20 Å². The molecule has 1 aliphatic heterocycles. The zero-order valence-electron chi connectivity index (χ0n) is 15.5. The van der Waals surface area contributed by atoms with Crippen LogP contribution in [0.4, 0.5) is 4.39 Å². The van der Waals surface area contributed by atoms with Gasteiger partial charge in [-0.3, -0.25) is 0 Å². The van der Waals surface area contributed by atoms with Gasteiger partial charge in [0.25, 0.3) is 0 Å². The van der Waals surface area contributed by atoms with E-state index in [2.05, 4.69) is 34.5 Å². The molecular weight excluding hydrogens is 329 g/mol. The van der Waals surface area contributed by atoms with Crippen LogP contribution < -0.4 is 0 Å². The van der Waals surface area contributed by atoms with Gasteiger partial charge >= 0.3 is 0 Å². The van der Waals surface area contributed by atoms with E-state index >= 15 is 0 Å². The van der Waals surface area contributed by atoms with Crippen molar-refractivity contribution in [1.82, 2.24) is 14.5 Å². The Kier molecular flexibility index (Phi) is 4.09. The molecule has 1 aliphatic rings. The quantitative estimate of drug-likeness (QED) is 0.785. The van der Waals surface area contributed by atoms with E-state index in [0.29, 0.717) is 12.1 Å². The summed E-state index contributed by atoms with van der Waals surface area (Å²) in [5.41, 5.74) is 4.20. The van der Waals surface area contributed by atoms with Gasteiger partial charge in [-0.15, -0.1) is 0 Å². The summed E-state index contributed by atoms with van der Waals surface area (Å²) in [6.07, 6.45) is 2.81. The van der Waals surface area contributed by atoms with Crippen LogP contribution in [0.1, 0.15) is 29.3 Å². The van der Waals surface area contributed by atoms with Crippen molar-refractivity contribution in [2.75, 3.05) is 13.6 Å². The number of likely N-dealkylation sites (N-methyl/N-ethyl adjacent to an activating group) is 1. The Morgan fingerprint density at radius 3 is 2.73 bits per heavy atom. The van der Waals surface area contributed by atoms with E-state index in [-0.39, 0.29) is 5.82 Å². The molecule has 0 fully saturated rings. The Labute approximate surface area is 152 Å². The van der Waals surface area contributed by atoms with Crippen molar-refractivity contribution in [1.29, 1.82) is 0 Å². The molecule has 1 N–H and O–H groups in total. The van der Waals surface area contributed by atoms with Gasteiger partial charge in [-0.1, -0.05) is 12.1 Å². The number of hydrogen-bond acceptors (Lipinski definition) is 3. The Balaban J connectivity index is 1.82. The largest absolute Gasteiger partial charge is 0.384 e. The van der Waals surface area contributed by atoms with Gasteiger partial charge in [0.1, 0.15) is 17.1 Å². The van der Waals surface area contributed by atoms with Crippen molar-refractivity contribution in [3.8, 4) is 0 Å². The number of nitrogens with zero attached hydrogens (tertiary/aromatic N) is 3. The molecule has 1 aromatic carbocycles. The molecule has 0 saturated carbocycles. The highest BCUT2D eigenvalue weighted by Crippen LogP contribution is 2.33. The van der Waals surface area contributed by atoms with Gasteiger partial charge < -0.3 is 14.6 Å². The van der Waals surface area contributed by atoms with Crippen LogP contribution >= 0.6 is 0 Å². The maximum absolute atomic E-state index is 13.3. The Hall–Kier alpha value is -2.24. The van der Waals surface area contributed by atoms with Crippen molar-refractivity contribution in [2.24, 2.45) is 0 Å². The predicted octanol–water partition coefficient (Wildman–Crippen LogP) is 3.38. The molecule has 0 aliphatic carbocycles. The topological polar surface area (TPSA) is 41.3 Å². The second kappa shape index (κ2) is 6.18. The molecule has 0 spiro atoms. The monoisotopic (exact) mass is 353 g/mol. The first-order chi connectivity index (χ1) is 12.3. The van der Waals surface area contributed by atoms with Gasteiger partial charge in [-0.05, 0) is 55.8 Å². The zero-order chi connectivity index (χ0) is 18.5. The predicted molar refractivity (Wildman–Crippen MR) is 100 cm³/mol. The van der Waals surface area contributed by atoms with E-state index in [4.69, 9.17) is 0 Å². The summed E-state index contributed by atoms with van der Waals surface area (Å²) in [6, 6.07) is 8.27. The lowest BCUT2D eigenvalue weighted by Gasteiger charge is -2.28. The van der Waals surface area contributed by atoms with Gasteiger partial charge in [0.15, 0.2) is 0 Å². The second-order valence-corrected chi connectivity index (χ2v) is 7.66. The zero-order valence-corrected chi connectivity index (χ0v) is 15.5. The highest BCUT2D eigenvalue weighted by atomic mass is 19.1. The normalized spacial score (nSPS) is 17.3. The van der Waals surface area contributed by atoms with E-state index in [1.165, 1.54) is 28.8 Å². The van der Waals surface area contributed by atoms with E-state index in [9.17, 15) is 9.50 Å². The van der Waals surface area contributed by atoms with Crippen molar-refractivity contribution < 1.29 is 9.50 Å². The van der Waals surface area contributed by atoms with Crippen LogP contribution in [0.15, 0.2) is 36.5 Å². The smallest absolute Gasteiger partial charge is 0.140 e. The molecule has 26 heavy (non-hydrogen) atoms. The van der Waals surface area contributed by atoms with Crippen molar-refractivity contribution in [3.63, 3.8) is 0 Å². The van der Waals surface area contributed by atoms with Crippen molar-refractivity contribution in [2.45, 2.75) is 39.0 Å². The lowest BCUT2D eigenvalue weighted by Crippen LogP contribution is -2.31. The first-order valence-corrected chi connectivity index (χ1v) is 8.99. The molecule has 1 atom stereocenters. The van der Waals surface area contributed by atoms with Gasteiger partial charge in [-0.25, -0.2) is 9.37 Å². The lowest BCUT2D eigenvalue weighted by molar-refractivity contribution is 0.0383. The van der Waals surface area contributed by atoms with Crippen LogP contribution in [0.2, 0.25) is 0 Å². The summed E-state index contributed by atoms with van der Waals surface area (Å²) >= 11 is 0. The van der Waals surface area contributed by atoms with Crippen LogP contribution in [-0.4, -0.2) is 33.1 Å². The third kappa shape index (κ3) is 2.91. The summed E-state index contributed by atoms with van der Waals surface area (Å²) in [4.78, 5) is 6.99.